The smallest absolute Gasteiger partial charge is 0.252 e. The highest BCUT2D eigenvalue weighted by atomic mass is 32.2. The largest absolute Gasteiger partial charge is 0.497 e. The Labute approximate surface area is 209 Å². The Hall–Kier alpha value is -3.22. The van der Waals surface area contributed by atoms with Crippen molar-refractivity contribution >= 4 is 44.7 Å². The zero-order chi connectivity index (χ0) is 25.0. The number of piperazine rings is 1. The van der Waals surface area contributed by atoms with E-state index in [2.05, 4.69) is 20.6 Å². The minimum absolute atomic E-state index is 0.153. The van der Waals surface area contributed by atoms with Crippen LogP contribution in [0, 0.1) is 6.92 Å². The standard InChI is InChI=1S/C23H28N6O4S2/c1-16-14-21(26-18-4-6-19(33-3)7-5-18)27-23(25-16)28-10-12-29(13-11-28)35(31,32)22-9-8-20(34-22)15-24-17(2)30/h4-9,14H,10-13,15H2,1-3H3,(H,24,30)(H,25,26,27). The second kappa shape index (κ2) is 10.6. The van der Waals surface area contributed by atoms with E-state index in [-0.39, 0.29) is 10.1 Å². The van der Waals surface area contributed by atoms with Crippen molar-refractivity contribution in [3.63, 3.8) is 0 Å². The molecule has 0 aliphatic carbocycles. The van der Waals surface area contributed by atoms with E-state index in [1.165, 1.54) is 22.6 Å². The predicted octanol–water partition coefficient (Wildman–Crippen LogP) is 2.75. The van der Waals surface area contributed by atoms with Crippen molar-refractivity contribution < 1.29 is 17.9 Å². The van der Waals surface area contributed by atoms with Crippen LogP contribution < -0.4 is 20.3 Å². The molecule has 10 nitrogen and oxygen atoms in total. The average Bonchev–Trinajstić information content (AvgIpc) is 3.33. The lowest BCUT2D eigenvalue weighted by atomic mass is 10.3. The summed E-state index contributed by atoms with van der Waals surface area (Å²) in [5.41, 5.74) is 1.69. The summed E-state index contributed by atoms with van der Waals surface area (Å²) in [7, 11) is -1.97. The van der Waals surface area contributed by atoms with E-state index in [9.17, 15) is 13.2 Å². The summed E-state index contributed by atoms with van der Waals surface area (Å²) >= 11 is 1.18. The first-order valence-corrected chi connectivity index (χ1v) is 13.4. The molecule has 0 spiro atoms. The lowest BCUT2D eigenvalue weighted by molar-refractivity contribution is -0.119. The number of carbonyl (C=O) groups excluding carboxylic acids is 1. The maximum absolute atomic E-state index is 13.1. The molecule has 3 heterocycles. The molecule has 12 heteroatoms. The van der Waals surface area contributed by atoms with Gasteiger partial charge in [-0.2, -0.15) is 9.29 Å². The fourth-order valence-corrected chi connectivity index (χ4v) is 6.51. The highest BCUT2D eigenvalue weighted by Crippen LogP contribution is 2.27. The Kier molecular flexibility index (Phi) is 7.53. The van der Waals surface area contributed by atoms with Gasteiger partial charge in [0, 0.05) is 55.4 Å². The van der Waals surface area contributed by atoms with Crippen LogP contribution in [0.15, 0.2) is 46.7 Å². The fourth-order valence-electron chi connectivity index (χ4n) is 3.64. The van der Waals surface area contributed by atoms with Crippen molar-refractivity contribution in [1.82, 2.24) is 19.6 Å². The Morgan fingerprint density at radius 3 is 2.46 bits per heavy atom. The monoisotopic (exact) mass is 516 g/mol. The van der Waals surface area contributed by atoms with Gasteiger partial charge in [-0.25, -0.2) is 13.4 Å². The number of benzene rings is 1. The molecule has 2 N–H and O–H groups in total. The third-order valence-corrected chi connectivity index (χ3v) is 8.92. The molecule has 0 atom stereocenters. The summed E-state index contributed by atoms with van der Waals surface area (Å²) in [6, 6.07) is 12.8. The van der Waals surface area contributed by atoms with E-state index in [1.807, 2.05) is 42.2 Å². The van der Waals surface area contributed by atoms with Crippen LogP contribution in [0.25, 0.3) is 0 Å². The van der Waals surface area contributed by atoms with Crippen LogP contribution >= 0.6 is 11.3 Å². The molecule has 0 saturated carbocycles. The number of hydrogen-bond donors (Lipinski definition) is 2. The number of nitrogens with one attached hydrogen (secondary N) is 2. The lowest BCUT2D eigenvalue weighted by Crippen LogP contribution is -2.49. The van der Waals surface area contributed by atoms with Crippen molar-refractivity contribution in [3.05, 3.63) is 53.0 Å². The summed E-state index contributed by atoms with van der Waals surface area (Å²) in [4.78, 5) is 23.1. The summed E-state index contributed by atoms with van der Waals surface area (Å²) in [6.45, 7) is 5.28. The van der Waals surface area contributed by atoms with Gasteiger partial charge in [0.25, 0.3) is 10.0 Å². The van der Waals surface area contributed by atoms with E-state index in [0.29, 0.717) is 44.5 Å². The number of rotatable bonds is 8. The van der Waals surface area contributed by atoms with Gasteiger partial charge in [-0.05, 0) is 43.3 Å². The number of carbonyl (C=O) groups is 1. The number of hydrogen-bond acceptors (Lipinski definition) is 9. The predicted molar refractivity (Wildman–Crippen MR) is 136 cm³/mol. The lowest BCUT2D eigenvalue weighted by Gasteiger charge is -2.33. The SMILES string of the molecule is COc1ccc(Nc2cc(C)nc(N3CCN(S(=O)(=O)c4ccc(CNC(C)=O)s4)CC3)n2)cc1. The molecule has 186 valence electrons. The number of ether oxygens (including phenoxy) is 1. The van der Waals surface area contributed by atoms with Crippen molar-refractivity contribution in [2.75, 3.05) is 43.5 Å². The van der Waals surface area contributed by atoms with Crippen LogP contribution in [0.2, 0.25) is 0 Å². The maximum atomic E-state index is 13.1. The summed E-state index contributed by atoms with van der Waals surface area (Å²) < 4.78 is 33.2. The fraction of sp³-hybridized carbons (Fsp3) is 0.348. The quantitative estimate of drug-likeness (QED) is 0.470. The molecule has 2 aromatic heterocycles. The van der Waals surface area contributed by atoms with Gasteiger partial charge in [0.15, 0.2) is 0 Å². The van der Waals surface area contributed by atoms with Gasteiger partial charge >= 0.3 is 0 Å². The van der Waals surface area contributed by atoms with Crippen LogP contribution in [0.5, 0.6) is 5.75 Å². The second-order valence-electron chi connectivity index (χ2n) is 8.07. The molecule has 0 unspecified atom stereocenters. The van der Waals surface area contributed by atoms with Crippen LogP contribution in [0.4, 0.5) is 17.5 Å². The number of aromatic nitrogens is 2. The van der Waals surface area contributed by atoms with Crippen molar-refractivity contribution in [2.45, 2.75) is 24.6 Å². The van der Waals surface area contributed by atoms with Gasteiger partial charge in [0.2, 0.25) is 11.9 Å². The Balaban J connectivity index is 1.41. The average molecular weight is 517 g/mol. The zero-order valence-electron chi connectivity index (χ0n) is 19.8. The number of sulfonamides is 1. The second-order valence-corrected chi connectivity index (χ2v) is 11.4. The highest BCUT2D eigenvalue weighted by molar-refractivity contribution is 7.91. The van der Waals surface area contributed by atoms with E-state index in [0.717, 1.165) is 22.0 Å². The third-order valence-electron chi connectivity index (χ3n) is 5.47. The molecule has 4 rings (SSSR count). The van der Waals surface area contributed by atoms with Crippen molar-refractivity contribution in [2.24, 2.45) is 0 Å². The van der Waals surface area contributed by atoms with Gasteiger partial charge in [-0.3, -0.25) is 4.79 Å². The normalized spacial score (nSPS) is 14.5. The zero-order valence-corrected chi connectivity index (χ0v) is 21.4. The van der Waals surface area contributed by atoms with Crippen molar-refractivity contribution in [1.29, 1.82) is 0 Å². The molecule has 3 aromatic rings. The number of aryl methyl sites for hydroxylation is 1. The molecule has 1 aromatic carbocycles. The van der Waals surface area contributed by atoms with Gasteiger partial charge < -0.3 is 20.3 Å². The summed E-state index contributed by atoms with van der Waals surface area (Å²) in [5, 5.41) is 5.98. The minimum atomic E-state index is -3.60. The first-order valence-electron chi connectivity index (χ1n) is 11.1. The number of amides is 1. The van der Waals surface area contributed by atoms with Crippen LogP contribution in [0.1, 0.15) is 17.5 Å². The first-order chi connectivity index (χ1) is 16.7. The maximum Gasteiger partial charge on any atom is 0.252 e. The molecular weight excluding hydrogens is 488 g/mol. The third kappa shape index (κ3) is 6.08. The van der Waals surface area contributed by atoms with Crippen LogP contribution in [0.3, 0.4) is 0 Å². The van der Waals surface area contributed by atoms with E-state index in [1.54, 1.807) is 19.2 Å². The Bertz CT molecular complexity index is 1290. The molecule has 1 aliphatic rings. The summed E-state index contributed by atoms with van der Waals surface area (Å²) in [5.74, 6) is 1.85. The van der Waals surface area contributed by atoms with Gasteiger partial charge in [0.1, 0.15) is 15.8 Å². The van der Waals surface area contributed by atoms with E-state index in [4.69, 9.17) is 4.74 Å². The van der Waals surface area contributed by atoms with Crippen LogP contribution in [-0.4, -0.2) is 61.9 Å². The van der Waals surface area contributed by atoms with Gasteiger partial charge in [0.05, 0.1) is 13.7 Å². The van der Waals surface area contributed by atoms with E-state index >= 15 is 0 Å². The summed E-state index contributed by atoms with van der Waals surface area (Å²) in [6.07, 6.45) is 0. The molecule has 0 radical (unpaired) electrons. The number of thiophene rings is 1. The molecule has 35 heavy (non-hydrogen) atoms. The van der Waals surface area contributed by atoms with Crippen molar-refractivity contribution in [3.8, 4) is 5.75 Å². The van der Waals surface area contributed by atoms with Gasteiger partial charge in [-0.15, -0.1) is 11.3 Å². The molecule has 1 saturated heterocycles. The highest BCUT2D eigenvalue weighted by Gasteiger charge is 2.30. The molecule has 0 bridgehead atoms. The topological polar surface area (TPSA) is 117 Å². The Morgan fingerprint density at radius 2 is 1.80 bits per heavy atom. The minimum Gasteiger partial charge on any atom is -0.497 e. The molecular formula is C23H28N6O4S2. The first kappa shape index (κ1) is 24.9. The Morgan fingerprint density at radius 1 is 1.09 bits per heavy atom. The van der Waals surface area contributed by atoms with Gasteiger partial charge in [-0.1, -0.05) is 0 Å². The van der Waals surface area contributed by atoms with Crippen LogP contribution in [-0.2, 0) is 21.4 Å². The number of methoxy groups -OCH3 is 1. The molecule has 1 fully saturated rings. The molecule has 1 aliphatic heterocycles. The number of anilines is 3. The number of nitrogens with zero attached hydrogens (tertiary/aromatic N) is 4. The molecule has 1 amide bonds. The van der Waals surface area contributed by atoms with E-state index < -0.39 is 10.0 Å².